The second-order valence-corrected chi connectivity index (χ2v) is 8.89. The van der Waals surface area contributed by atoms with E-state index in [0.29, 0.717) is 0 Å². The molecule has 186 valence electrons. The van der Waals surface area contributed by atoms with Gasteiger partial charge in [-0.15, -0.1) is 0 Å². The first-order chi connectivity index (χ1) is 16.5. The van der Waals surface area contributed by atoms with Crippen molar-refractivity contribution in [1.29, 1.82) is 0 Å². The van der Waals surface area contributed by atoms with E-state index in [1.807, 2.05) is 0 Å². The molecule has 4 rings (SSSR count). The molecule has 1 saturated heterocycles. The normalized spacial score (nSPS) is 17.5. The number of fused-ring (bicyclic) bond motifs is 2. The van der Waals surface area contributed by atoms with Gasteiger partial charge in [0.1, 0.15) is 23.5 Å². The number of rotatable bonds is 2. The van der Waals surface area contributed by atoms with Crippen LogP contribution in [0.2, 0.25) is 0 Å². The van der Waals surface area contributed by atoms with Crippen LogP contribution in [0.5, 0.6) is 17.2 Å². The monoisotopic (exact) mass is 491 g/mol. The van der Waals surface area contributed by atoms with Crippen molar-refractivity contribution in [2.75, 3.05) is 26.2 Å². The molecule has 2 aliphatic rings. The number of piperazine rings is 1. The molecule has 3 heterocycles. The molecule has 10 nitrogen and oxygen atoms in total. The van der Waals surface area contributed by atoms with Gasteiger partial charge < -0.3 is 28.7 Å². The molecule has 1 aromatic heterocycles. The van der Waals surface area contributed by atoms with Gasteiger partial charge in [0.05, 0.1) is 6.04 Å². The van der Waals surface area contributed by atoms with E-state index in [2.05, 4.69) is 4.98 Å². The first-order valence-electron chi connectivity index (χ1n) is 10.8. The van der Waals surface area contributed by atoms with Crippen molar-refractivity contribution < 1.29 is 42.1 Å². The minimum Gasteiger partial charge on any atom is -0.490 e. The third-order valence-corrected chi connectivity index (χ3v) is 5.22. The Kier molecular flexibility index (Phi) is 6.46. The van der Waals surface area contributed by atoms with Gasteiger partial charge in [-0.05, 0) is 39.0 Å². The summed E-state index contributed by atoms with van der Waals surface area (Å²) in [4.78, 5) is 43.9. The molecule has 0 spiro atoms. The molecule has 0 aliphatic carbocycles. The van der Waals surface area contributed by atoms with E-state index in [9.17, 15) is 23.2 Å². The van der Waals surface area contributed by atoms with Gasteiger partial charge in [-0.2, -0.15) is 4.39 Å². The average molecular weight is 491 g/mol. The van der Waals surface area contributed by atoms with Crippen LogP contribution in [-0.2, 0) is 4.74 Å². The van der Waals surface area contributed by atoms with Crippen molar-refractivity contribution in [1.82, 2.24) is 14.8 Å². The Hall–Kier alpha value is -3.96. The molecule has 1 atom stereocenters. The molecule has 1 aromatic carbocycles. The van der Waals surface area contributed by atoms with Crippen LogP contribution in [0, 0.1) is 11.8 Å². The number of benzene rings is 1. The first kappa shape index (κ1) is 24.2. The van der Waals surface area contributed by atoms with Gasteiger partial charge in [0.15, 0.2) is 11.6 Å². The maximum absolute atomic E-state index is 14.5. The second-order valence-electron chi connectivity index (χ2n) is 8.89. The molecule has 2 aliphatic heterocycles. The molecule has 0 saturated carbocycles. The fourth-order valence-corrected chi connectivity index (χ4v) is 3.68. The van der Waals surface area contributed by atoms with Gasteiger partial charge in [0, 0.05) is 25.8 Å². The summed E-state index contributed by atoms with van der Waals surface area (Å²) in [5.74, 6) is -3.31. The highest BCUT2D eigenvalue weighted by Crippen LogP contribution is 2.32. The lowest BCUT2D eigenvalue weighted by molar-refractivity contribution is 0.0197. The molecule has 1 fully saturated rings. The maximum Gasteiger partial charge on any atom is 0.514 e. The summed E-state index contributed by atoms with van der Waals surface area (Å²) in [7, 11) is 0. The summed E-state index contributed by atoms with van der Waals surface area (Å²) in [5, 5.41) is 0. The number of aromatic nitrogens is 1. The second kappa shape index (κ2) is 9.35. The number of pyridine rings is 1. The van der Waals surface area contributed by atoms with Gasteiger partial charge in [-0.1, -0.05) is 6.07 Å². The van der Waals surface area contributed by atoms with Crippen molar-refractivity contribution in [2.45, 2.75) is 32.4 Å². The van der Waals surface area contributed by atoms with E-state index in [4.69, 9.17) is 18.9 Å². The summed E-state index contributed by atoms with van der Waals surface area (Å²) in [6, 6.07) is 4.37. The van der Waals surface area contributed by atoms with Crippen molar-refractivity contribution >= 4 is 18.2 Å². The predicted molar refractivity (Wildman–Crippen MR) is 115 cm³/mol. The van der Waals surface area contributed by atoms with Crippen molar-refractivity contribution in [3.8, 4) is 17.2 Å². The predicted octanol–water partition coefficient (Wildman–Crippen LogP) is 3.39. The van der Waals surface area contributed by atoms with E-state index < -0.39 is 47.3 Å². The van der Waals surface area contributed by atoms with Crippen molar-refractivity contribution in [3.63, 3.8) is 0 Å². The minimum atomic E-state index is -1.09. The largest absolute Gasteiger partial charge is 0.514 e. The van der Waals surface area contributed by atoms with Gasteiger partial charge in [0.25, 0.3) is 5.91 Å². The molecule has 0 radical (unpaired) electrons. The number of carbonyl (C=O) groups excluding carboxylic acids is 3. The molecule has 1 unspecified atom stereocenters. The summed E-state index contributed by atoms with van der Waals surface area (Å²) >= 11 is 0. The lowest BCUT2D eigenvalue weighted by Gasteiger charge is -2.39. The zero-order valence-electron chi connectivity index (χ0n) is 19.2. The highest BCUT2D eigenvalue weighted by Gasteiger charge is 2.39. The van der Waals surface area contributed by atoms with Gasteiger partial charge in [0.2, 0.25) is 11.7 Å². The molecule has 2 aromatic rings. The highest BCUT2D eigenvalue weighted by molar-refractivity contribution is 5.97. The van der Waals surface area contributed by atoms with Crippen LogP contribution < -0.4 is 14.2 Å². The summed E-state index contributed by atoms with van der Waals surface area (Å²) < 4.78 is 49.6. The van der Waals surface area contributed by atoms with Gasteiger partial charge in [-0.25, -0.2) is 19.0 Å². The highest BCUT2D eigenvalue weighted by atomic mass is 19.1. The fraction of sp³-hybridized carbons (Fsp3) is 0.391. The SMILES string of the molecule is CC(C)(C)OC(=O)Oc1cccc(F)c1OC(=O)N1CCN2C(=O)c3c(ccnc3F)OCC2C1. The Morgan fingerprint density at radius 1 is 1.14 bits per heavy atom. The van der Waals surface area contributed by atoms with Gasteiger partial charge in [-0.3, -0.25) is 4.79 Å². The standard InChI is InChI=1S/C23H23F2N3O7/c1-23(2,3)35-22(31)33-16-6-4-5-14(24)18(16)34-21(30)27-9-10-28-13(11-27)12-32-15-7-8-26-19(25)17(15)20(28)29/h4-8,13H,9-12H2,1-3H3. The number of halogens is 2. The Morgan fingerprint density at radius 3 is 2.66 bits per heavy atom. The Balaban J connectivity index is 1.47. The molecular formula is C23H23F2N3O7. The van der Waals surface area contributed by atoms with Crippen LogP contribution in [0.15, 0.2) is 30.5 Å². The van der Waals surface area contributed by atoms with E-state index in [1.54, 1.807) is 20.8 Å². The van der Waals surface area contributed by atoms with E-state index >= 15 is 0 Å². The van der Waals surface area contributed by atoms with Gasteiger partial charge >= 0.3 is 12.2 Å². The maximum atomic E-state index is 14.5. The van der Waals surface area contributed by atoms with Crippen LogP contribution in [0.3, 0.4) is 0 Å². The van der Waals surface area contributed by atoms with Crippen molar-refractivity contribution in [3.05, 3.63) is 47.8 Å². The number of nitrogens with zero attached hydrogens (tertiary/aromatic N) is 3. The Morgan fingerprint density at radius 2 is 1.91 bits per heavy atom. The Labute approximate surface area is 199 Å². The minimum absolute atomic E-state index is 0.00131. The lowest BCUT2D eigenvalue weighted by Crippen LogP contribution is -2.58. The topological polar surface area (TPSA) is 108 Å². The molecule has 2 amide bonds. The van der Waals surface area contributed by atoms with Crippen molar-refractivity contribution in [2.24, 2.45) is 0 Å². The number of hydrogen-bond donors (Lipinski definition) is 0. The van der Waals surface area contributed by atoms with Crippen LogP contribution in [0.25, 0.3) is 0 Å². The summed E-state index contributed by atoms with van der Waals surface area (Å²) in [6.07, 6.45) is -0.823. The molecule has 12 heteroatoms. The van der Waals surface area contributed by atoms with Crippen LogP contribution in [-0.4, -0.2) is 70.8 Å². The zero-order valence-corrected chi connectivity index (χ0v) is 19.2. The van der Waals surface area contributed by atoms with Crippen LogP contribution in [0.4, 0.5) is 18.4 Å². The quantitative estimate of drug-likeness (QED) is 0.358. The van der Waals surface area contributed by atoms with Crippen LogP contribution >= 0.6 is 0 Å². The summed E-state index contributed by atoms with van der Waals surface area (Å²) in [6.45, 7) is 4.98. The van der Waals surface area contributed by atoms with E-state index in [0.717, 1.165) is 6.07 Å². The zero-order chi connectivity index (χ0) is 25.3. The molecule has 0 bridgehead atoms. The summed E-state index contributed by atoms with van der Waals surface area (Å²) in [5.41, 5.74) is -1.11. The molecule has 35 heavy (non-hydrogen) atoms. The average Bonchev–Trinajstić information content (AvgIpc) is 2.92. The fourth-order valence-electron chi connectivity index (χ4n) is 3.68. The Bertz CT molecular complexity index is 1170. The number of para-hydroxylation sites is 1. The van der Waals surface area contributed by atoms with E-state index in [1.165, 1.54) is 34.2 Å². The lowest BCUT2D eigenvalue weighted by atomic mass is 10.1. The number of carbonyl (C=O) groups is 3. The smallest absolute Gasteiger partial charge is 0.490 e. The number of amides is 2. The molecule has 0 N–H and O–H groups in total. The van der Waals surface area contributed by atoms with E-state index in [-0.39, 0.29) is 43.3 Å². The number of ether oxygens (including phenoxy) is 4. The molecular weight excluding hydrogens is 468 g/mol. The van der Waals surface area contributed by atoms with Crippen LogP contribution in [0.1, 0.15) is 31.1 Å². The number of hydrogen-bond acceptors (Lipinski definition) is 8. The third-order valence-electron chi connectivity index (χ3n) is 5.22. The first-order valence-corrected chi connectivity index (χ1v) is 10.8. The third kappa shape index (κ3) is 5.26.